The highest BCUT2D eigenvalue weighted by Gasteiger charge is 2.11. The molecule has 0 aliphatic carbocycles. The van der Waals surface area contributed by atoms with E-state index in [9.17, 15) is 9.18 Å². The first-order valence-corrected chi connectivity index (χ1v) is 7.66. The number of nitrogens with one attached hydrogen (secondary N) is 2. The number of hydrogen-bond acceptors (Lipinski definition) is 4. The van der Waals surface area contributed by atoms with Crippen molar-refractivity contribution in [3.8, 4) is 5.75 Å². The molecule has 0 radical (unpaired) electrons. The lowest BCUT2D eigenvalue weighted by Crippen LogP contribution is -2.34. The average molecular weight is 329 g/mol. The van der Waals surface area contributed by atoms with Crippen LogP contribution in [0.15, 0.2) is 53.6 Å². The van der Waals surface area contributed by atoms with Crippen molar-refractivity contribution in [3.63, 3.8) is 0 Å². The molecule has 0 saturated carbocycles. The van der Waals surface area contributed by atoms with Crippen LogP contribution in [0.5, 0.6) is 5.75 Å². The number of ether oxygens (including phenoxy) is 1. The first kappa shape index (κ1) is 17.5. The molecule has 0 aliphatic heterocycles. The Balaban J connectivity index is 1.84. The molecule has 126 valence electrons. The molecule has 24 heavy (non-hydrogen) atoms. The van der Waals surface area contributed by atoms with Crippen molar-refractivity contribution in [2.75, 3.05) is 11.9 Å². The maximum Gasteiger partial charge on any atom is 0.262 e. The van der Waals surface area contributed by atoms with E-state index in [0.29, 0.717) is 12.2 Å². The highest BCUT2D eigenvalue weighted by molar-refractivity contribution is 5.86. The molecule has 2 aromatic carbocycles. The summed E-state index contributed by atoms with van der Waals surface area (Å²) in [5, 5.41) is 6.94. The van der Waals surface area contributed by atoms with Gasteiger partial charge in [0.1, 0.15) is 17.6 Å². The first-order valence-electron chi connectivity index (χ1n) is 7.66. The van der Waals surface area contributed by atoms with E-state index in [4.69, 9.17) is 4.74 Å². The minimum atomic E-state index is -0.465. The largest absolute Gasteiger partial charge is 0.494 e. The van der Waals surface area contributed by atoms with Crippen LogP contribution in [0.1, 0.15) is 19.4 Å². The van der Waals surface area contributed by atoms with Crippen LogP contribution in [0, 0.1) is 5.82 Å². The second-order valence-corrected chi connectivity index (χ2v) is 5.11. The van der Waals surface area contributed by atoms with Gasteiger partial charge in [0.25, 0.3) is 5.91 Å². The van der Waals surface area contributed by atoms with Gasteiger partial charge in [-0.25, -0.2) is 9.82 Å². The Hall–Kier alpha value is -2.89. The third kappa shape index (κ3) is 5.39. The Bertz CT molecular complexity index is 684. The van der Waals surface area contributed by atoms with Crippen LogP contribution >= 0.6 is 0 Å². The maximum atomic E-state index is 12.8. The van der Waals surface area contributed by atoms with E-state index < -0.39 is 6.04 Å². The number of hydrogen-bond donors (Lipinski definition) is 2. The first-order chi connectivity index (χ1) is 11.6. The van der Waals surface area contributed by atoms with Crippen molar-refractivity contribution in [3.05, 3.63) is 59.9 Å². The van der Waals surface area contributed by atoms with Crippen molar-refractivity contribution >= 4 is 17.8 Å². The number of amides is 1. The summed E-state index contributed by atoms with van der Waals surface area (Å²) in [5.74, 6) is 0.190. The topological polar surface area (TPSA) is 62.7 Å². The predicted octanol–water partition coefficient (Wildman–Crippen LogP) is 3.18. The molecule has 0 heterocycles. The maximum absolute atomic E-state index is 12.8. The third-order valence-corrected chi connectivity index (χ3v) is 3.20. The Morgan fingerprint density at radius 1 is 1.21 bits per heavy atom. The van der Waals surface area contributed by atoms with Gasteiger partial charge >= 0.3 is 0 Å². The number of benzene rings is 2. The zero-order valence-electron chi connectivity index (χ0n) is 13.6. The molecule has 0 aromatic heterocycles. The van der Waals surface area contributed by atoms with Gasteiger partial charge in [-0.05, 0) is 55.8 Å². The molecular weight excluding hydrogens is 309 g/mol. The van der Waals surface area contributed by atoms with Gasteiger partial charge < -0.3 is 10.1 Å². The van der Waals surface area contributed by atoms with Gasteiger partial charge in [0.05, 0.1) is 12.8 Å². The molecule has 2 aromatic rings. The molecular formula is C18H20FN3O2. The number of carbonyl (C=O) groups excluding carboxylic acids is 1. The summed E-state index contributed by atoms with van der Waals surface area (Å²) < 4.78 is 18.2. The average Bonchev–Trinajstić information content (AvgIpc) is 2.58. The number of anilines is 1. The van der Waals surface area contributed by atoms with Crippen molar-refractivity contribution in [1.29, 1.82) is 0 Å². The second kappa shape index (κ2) is 8.67. The smallest absolute Gasteiger partial charge is 0.262 e. The van der Waals surface area contributed by atoms with Crippen molar-refractivity contribution < 1.29 is 13.9 Å². The number of hydrazone groups is 1. The van der Waals surface area contributed by atoms with Crippen LogP contribution in [0.3, 0.4) is 0 Å². The molecule has 0 saturated heterocycles. The Morgan fingerprint density at radius 3 is 2.50 bits per heavy atom. The summed E-state index contributed by atoms with van der Waals surface area (Å²) in [6.45, 7) is 4.27. The third-order valence-electron chi connectivity index (χ3n) is 3.20. The molecule has 0 spiro atoms. The van der Waals surface area contributed by atoms with E-state index in [-0.39, 0.29) is 11.7 Å². The van der Waals surface area contributed by atoms with Gasteiger partial charge in [-0.3, -0.25) is 4.79 Å². The van der Waals surface area contributed by atoms with E-state index in [0.717, 1.165) is 11.4 Å². The molecule has 1 atom stereocenters. The van der Waals surface area contributed by atoms with Gasteiger partial charge in [0, 0.05) is 5.69 Å². The van der Waals surface area contributed by atoms with E-state index in [1.807, 2.05) is 31.2 Å². The van der Waals surface area contributed by atoms with Crippen molar-refractivity contribution in [1.82, 2.24) is 5.43 Å². The van der Waals surface area contributed by atoms with Crippen LogP contribution in [-0.4, -0.2) is 24.8 Å². The fraction of sp³-hybridized carbons (Fsp3) is 0.222. The molecule has 5 nitrogen and oxygen atoms in total. The normalized spacial score (nSPS) is 12.0. The molecule has 6 heteroatoms. The summed E-state index contributed by atoms with van der Waals surface area (Å²) in [6, 6.07) is 12.7. The summed E-state index contributed by atoms with van der Waals surface area (Å²) in [4.78, 5) is 12.0. The fourth-order valence-corrected chi connectivity index (χ4v) is 1.95. The van der Waals surface area contributed by atoms with Gasteiger partial charge in [-0.2, -0.15) is 5.10 Å². The summed E-state index contributed by atoms with van der Waals surface area (Å²) >= 11 is 0. The minimum absolute atomic E-state index is 0.276. The molecule has 2 rings (SSSR count). The fourth-order valence-electron chi connectivity index (χ4n) is 1.95. The lowest BCUT2D eigenvalue weighted by Gasteiger charge is -2.13. The highest BCUT2D eigenvalue weighted by Crippen LogP contribution is 2.16. The number of carbonyl (C=O) groups is 1. The van der Waals surface area contributed by atoms with E-state index in [2.05, 4.69) is 15.8 Å². The molecule has 0 fully saturated rings. The van der Waals surface area contributed by atoms with Crippen LogP contribution in [-0.2, 0) is 4.79 Å². The lowest BCUT2D eigenvalue weighted by atomic mass is 10.2. The molecule has 0 bridgehead atoms. The quantitative estimate of drug-likeness (QED) is 0.606. The number of nitrogens with zero attached hydrogens (tertiary/aromatic N) is 1. The monoisotopic (exact) mass is 329 g/mol. The SMILES string of the molecule is CCOc1ccc(N[C@H](C)C(=O)N/N=C\c2ccc(F)cc2)cc1. The van der Waals surface area contributed by atoms with E-state index >= 15 is 0 Å². The zero-order valence-corrected chi connectivity index (χ0v) is 13.6. The standard InChI is InChI=1S/C18H20FN3O2/c1-3-24-17-10-8-16(9-11-17)21-13(2)18(23)22-20-12-14-4-6-15(19)7-5-14/h4-13,21H,3H2,1-2H3,(H,22,23)/b20-12-/t13-/m1/s1. The predicted molar refractivity (Wildman–Crippen MR) is 92.8 cm³/mol. The zero-order chi connectivity index (χ0) is 17.4. The van der Waals surface area contributed by atoms with Gasteiger partial charge in [0.2, 0.25) is 0 Å². The molecule has 1 amide bonds. The van der Waals surface area contributed by atoms with Gasteiger partial charge in [-0.15, -0.1) is 0 Å². The highest BCUT2D eigenvalue weighted by atomic mass is 19.1. The van der Waals surface area contributed by atoms with Crippen LogP contribution < -0.4 is 15.5 Å². The lowest BCUT2D eigenvalue weighted by molar-refractivity contribution is -0.121. The second-order valence-electron chi connectivity index (χ2n) is 5.11. The summed E-state index contributed by atoms with van der Waals surface area (Å²) in [6.07, 6.45) is 1.46. The minimum Gasteiger partial charge on any atom is -0.494 e. The molecule has 0 unspecified atom stereocenters. The Morgan fingerprint density at radius 2 is 1.88 bits per heavy atom. The van der Waals surface area contributed by atoms with Crippen LogP contribution in [0.2, 0.25) is 0 Å². The Labute approximate surface area is 140 Å². The van der Waals surface area contributed by atoms with Crippen molar-refractivity contribution in [2.24, 2.45) is 5.10 Å². The molecule has 0 aliphatic rings. The van der Waals surface area contributed by atoms with Gasteiger partial charge in [-0.1, -0.05) is 12.1 Å². The summed E-state index contributed by atoms with van der Waals surface area (Å²) in [7, 11) is 0. The Kier molecular flexibility index (Phi) is 6.31. The van der Waals surface area contributed by atoms with Crippen molar-refractivity contribution in [2.45, 2.75) is 19.9 Å². The van der Waals surface area contributed by atoms with E-state index in [1.165, 1.54) is 18.3 Å². The summed E-state index contributed by atoms with van der Waals surface area (Å²) in [5.41, 5.74) is 3.95. The number of rotatable bonds is 7. The van der Waals surface area contributed by atoms with Crippen LogP contribution in [0.25, 0.3) is 0 Å². The molecule has 2 N–H and O–H groups in total. The van der Waals surface area contributed by atoms with Gasteiger partial charge in [0.15, 0.2) is 0 Å². The number of halogens is 1. The van der Waals surface area contributed by atoms with Crippen LogP contribution in [0.4, 0.5) is 10.1 Å². The van der Waals surface area contributed by atoms with E-state index in [1.54, 1.807) is 19.1 Å².